The van der Waals surface area contributed by atoms with Gasteiger partial charge in [0.05, 0.1) is 13.2 Å². The highest BCUT2D eigenvalue weighted by Crippen LogP contribution is 2.21. The van der Waals surface area contributed by atoms with E-state index in [1.165, 1.54) is 53.3 Å². The molecule has 242 valence electrons. The first-order valence-electron chi connectivity index (χ1n) is 9.23. The van der Waals surface area contributed by atoms with Crippen LogP contribution in [-0.4, -0.2) is 121 Å². The molecular formula is C12H22N2O14S13. The summed E-state index contributed by atoms with van der Waals surface area (Å²) in [6, 6.07) is -1.75. The minimum Gasteiger partial charge on any atom is -0.394 e. The molecule has 7 atom stereocenters. The summed E-state index contributed by atoms with van der Waals surface area (Å²) in [6.07, 6.45) is -9.00. The SMILES string of the molecule is O=CC=O.O=[N+]([O-])C1C(O)[C@@H](O)O[C@H](CO)[C@@H]1O.O=[N+]([O-])C[C@@H](O)[C@H](O)CO.S=S=S=S=S=S.S=S=S=S=S=S=S. The van der Waals surface area contributed by atoms with Crippen LogP contribution in [0, 0.1) is 20.2 Å². The zero-order valence-corrected chi connectivity index (χ0v) is 30.1. The molecule has 0 aliphatic carbocycles. The van der Waals surface area contributed by atoms with Crippen molar-refractivity contribution >= 4 is 137 Å². The number of aldehydes is 2. The summed E-state index contributed by atoms with van der Waals surface area (Å²) in [5.41, 5.74) is 0. The maximum atomic E-state index is 10.4. The normalized spacial score (nSPS) is 21.3. The van der Waals surface area contributed by atoms with Crippen molar-refractivity contribution in [1.29, 1.82) is 0 Å². The summed E-state index contributed by atoms with van der Waals surface area (Å²) >= 11 is 18.2. The van der Waals surface area contributed by atoms with E-state index < -0.39 is 72.5 Å². The molecule has 0 aromatic carbocycles. The predicted octanol–water partition coefficient (Wildman–Crippen LogP) is -5.61. The number of aliphatic hydroxyl groups excluding tert-OH is 7. The molecule has 1 fully saturated rings. The second-order valence-electron chi connectivity index (χ2n) is 5.72. The van der Waals surface area contributed by atoms with Crippen molar-refractivity contribution in [2.45, 2.75) is 42.9 Å². The van der Waals surface area contributed by atoms with Gasteiger partial charge in [-0.25, -0.2) is 0 Å². The predicted molar refractivity (Wildman–Crippen MR) is 180 cm³/mol. The van der Waals surface area contributed by atoms with E-state index in [1.54, 1.807) is 26.6 Å². The molecule has 7 N–H and O–H groups in total. The number of rotatable bonds is 7. The van der Waals surface area contributed by atoms with E-state index in [-0.39, 0.29) is 12.6 Å². The van der Waals surface area contributed by atoms with Crippen LogP contribution < -0.4 is 0 Å². The van der Waals surface area contributed by atoms with E-state index in [0.717, 1.165) is 0 Å². The van der Waals surface area contributed by atoms with Gasteiger partial charge in [-0.1, -0.05) is 0 Å². The van der Waals surface area contributed by atoms with Gasteiger partial charge in [-0.2, -0.15) is 0 Å². The Morgan fingerprint density at radius 3 is 1.49 bits per heavy atom. The Morgan fingerprint density at radius 2 is 1.20 bits per heavy atom. The average molecular weight is 835 g/mol. The Bertz CT molecular complexity index is 1110. The molecular weight excluding hydrogens is 813 g/mol. The number of aliphatic hydroxyl groups is 7. The van der Waals surface area contributed by atoms with Gasteiger partial charge in [-0.15, -0.1) is 0 Å². The van der Waals surface area contributed by atoms with Crippen LogP contribution in [0.2, 0.25) is 0 Å². The molecule has 0 aromatic heterocycles. The lowest BCUT2D eigenvalue weighted by molar-refractivity contribution is -0.564. The number of carbonyl (C=O) groups is 2. The second-order valence-corrected chi connectivity index (χ2v) is 21.6. The fraction of sp³-hybridized carbons (Fsp3) is 0.833. The first-order valence-corrected chi connectivity index (χ1v) is 23.9. The molecule has 1 aliphatic rings. The Morgan fingerprint density at radius 1 is 0.780 bits per heavy atom. The quantitative estimate of drug-likeness (QED) is 0.0545. The third-order valence-electron chi connectivity index (χ3n) is 3.33. The Labute approximate surface area is 277 Å². The summed E-state index contributed by atoms with van der Waals surface area (Å²) in [7, 11) is 13.0. The van der Waals surface area contributed by atoms with Gasteiger partial charge in [0.1, 0.15) is 18.3 Å². The van der Waals surface area contributed by atoms with Crippen molar-refractivity contribution in [2.24, 2.45) is 0 Å². The van der Waals surface area contributed by atoms with E-state index in [0.29, 0.717) is 0 Å². The molecule has 41 heavy (non-hydrogen) atoms. The fourth-order valence-electron chi connectivity index (χ4n) is 1.78. The minimum absolute atomic E-state index is 0.194. The standard InChI is InChI=1S/C6H11NO7.C4H9NO5.C2H2O2.S7.S6/c8-1-2-4(9)3(7(12)13)5(10)6(11)14-2;6-2-4(8)3(7)1-5(9)10;3-1-2-4;1-3-5-7-6-4-2;1-3-5-6-4-2/h2-6,8-11H,1H2;3-4,6-8H,1-2H2;1-2H;;/t2-,3?,4+,5?,6+;3-,4-;;;/m11.../s1. The van der Waals surface area contributed by atoms with Gasteiger partial charge in [0, 0.05) is 135 Å². The van der Waals surface area contributed by atoms with Crippen molar-refractivity contribution in [3.05, 3.63) is 20.2 Å². The van der Waals surface area contributed by atoms with Gasteiger partial charge in [0.15, 0.2) is 31.1 Å². The smallest absolute Gasteiger partial charge is 0.271 e. The van der Waals surface area contributed by atoms with Crippen molar-refractivity contribution in [1.82, 2.24) is 0 Å². The van der Waals surface area contributed by atoms with Crippen molar-refractivity contribution in [3.8, 4) is 0 Å². The third kappa shape index (κ3) is 30.5. The number of hydrogen-bond acceptors (Lipinski definition) is 18. The van der Waals surface area contributed by atoms with E-state index in [2.05, 4.69) is 49.5 Å². The molecule has 0 bridgehead atoms. The van der Waals surface area contributed by atoms with Gasteiger partial charge in [-0.3, -0.25) is 29.8 Å². The third-order valence-corrected chi connectivity index (χ3v) is 18.9. The lowest BCUT2D eigenvalue weighted by Gasteiger charge is -2.35. The highest BCUT2D eigenvalue weighted by Gasteiger charge is 2.51. The van der Waals surface area contributed by atoms with E-state index in [9.17, 15) is 25.3 Å². The van der Waals surface area contributed by atoms with E-state index in [4.69, 9.17) is 40.2 Å². The molecule has 2 unspecified atom stereocenters. The van der Waals surface area contributed by atoms with Crippen LogP contribution in [-0.2, 0) is 139 Å². The number of nitrogens with zero attached hydrogens (tertiary/aromatic N) is 2. The second kappa shape index (κ2) is 35.2. The van der Waals surface area contributed by atoms with E-state index >= 15 is 0 Å². The number of nitro groups is 2. The maximum Gasteiger partial charge on any atom is 0.271 e. The topological polar surface area (TPSA) is 271 Å². The zero-order chi connectivity index (χ0) is 32.8. The first kappa shape index (κ1) is 48.6. The Balaban J connectivity index is -0.000000224. The zero-order valence-electron chi connectivity index (χ0n) is 19.5. The molecule has 1 aliphatic heterocycles. The monoisotopic (exact) mass is 834 g/mol. The number of ether oxygens (including phenoxy) is 1. The van der Waals surface area contributed by atoms with Crippen molar-refractivity contribution in [3.63, 3.8) is 0 Å². The van der Waals surface area contributed by atoms with Crippen LogP contribution in [0.5, 0.6) is 0 Å². The molecule has 1 saturated heterocycles. The van der Waals surface area contributed by atoms with Crippen LogP contribution in [0.1, 0.15) is 0 Å². The molecule has 0 radical (unpaired) electrons. The van der Waals surface area contributed by atoms with Gasteiger partial charge in [0.25, 0.3) is 6.04 Å². The molecule has 16 nitrogen and oxygen atoms in total. The summed E-state index contributed by atoms with van der Waals surface area (Å²) < 4.78 is 4.54. The summed E-state index contributed by atoms with van der Waals surface area (Å²) in [5, 5.41) is 81.6. The van der Waals surface area contributed by atoms with Gasteiger partial charge in [-0.05, 0) is 0 Å². The minimum atomic E-state index is -1.80. The van der Waals surface area contributed by atoms with Crippen LogP contribution in [0.4, 0.5) is 0 Å². The lowest BCUT2D eigenvalue weighted by Crippen LogP contribution is -2.61. The number of carbonyl (C=O) groups excluding carboxylic acids is 2. The maximum absolute atomic E-state index is 10.4. The molecule has 29 heteroatoms. The van der Waals surface area contributed by atoms with Gasteiger partial charge >= 0.3 is 0 Å². The molecule has 0 amide bonds. The Kier molecular flexibility index (Phi) is 41.7. The van der Waals surface area contributed by atoms with E-state index in [1.807, 2.05) is 0 Å². The molecule has 0 aromatic rings. The average Bonchev–Trinajstić information content (AvgIpc) is 2.94. The first-order chi connectivity index (χ1) is 19.3. The van der Waals surface area contributed by atoms with Crippen LogP contribution in [0.15, 0.2) is 0 Å². The van der Waals surface area contributed by atoms with Crippen LogP contribution >= 0.6 is 0 Å². The summed E-state index contributed by atoms with van der Waals surface area (Å²) in [6.45, 7) is -2.09. The Hall–Kier alpha value is 0.680. The summed E-state index contributed by atoms with van der Waals surface area (Å²) in [5.74, 6) is 0. The van der Waals surface area contributed by atoms with Gasteiger partial charge in [0.2, 0.25) is 6.54 Å². The van der Waals surface area contributed by atoms with Crippen molar-refractivity contribution < 1.29 is 59.9 Å². The molecule has 0 spiro atoms. The van der Waals surface area contributed by atoms with Gasteiger partial charge < -0.3 is 40.5 Å². The summed E-state index contributed by atoms with van der Waals surface area (Å²) in [4.78, 5) is 36.0. The molecule has 1 heterocycles. The largest absolute Gasteiger partial charge is 0.394 e. The highest BCUT2D eigenvalue weighted by atomic mass is 33.4. The molecule has 1 rings (SSSR count). The molecule has 0 saturated carbocycles. The number of hydrogen-bond donors (Lipinski definition) is 7. The lowest BCUT2D eigenvalue weighted by atomic mass is 9.97. The van der Waals surface area contributed by atoms with Crippen molar-refractivity contribution in [2.75, 3.05) is 19.8 Å². The van der Waals surface area contributed by atoms with Crippen LogP contribution in [0.3, 0.4) is 0 Å². The highest BCUT2D eigenvalue weighted by molar-refractivity contribution is 8.68. The fourth-order valence-corrected chi connectivity index (χ4v) is 15.5. The van der Waals surface area contributed by atoms with Crippen LogP contribution in [0.25, 0.3) is 0 Å².